The van der Waals surface area contributed by atoms with E-state index < -0.39 is 24.0 Å². The second kappa shape index (κ2) is 6.96. The molecule has 0 radical (unpaired) electrons. The van der Waals surface area contributed by atoms with E-state index in [1.807, 2.05) is 0 Å². The molecular formula is C12H14ClNO5. The molecule has 0 saturated carbocycles. The molecule has 0 aliphatic heterocycles. The van der Waals surface area contributed by atoms with Gasteiger partial charge in [-0.15, -0.1) is 0 Å². The van der Waals surface area contributed by atoms with Crippen LogP contribution in [0.1, 0.15) is 6.92 Å². The Bertz CT molecular complexity index is 446. The summed E-state index contributed by atoms with van der Waals surface area (Å²) in [5.41, 5.74) is 0. The first-order valence-corrected chi connectivity index (χ1v) is 5.86. The largest absolute Gasteiger partial charge is 0.484 e. The second-order valence-electron chi connectivity index (χ2n) is 3.87. The lowest BCUT2D eigenvalue weighted by atomic mass is 10.2. The molecule has 0 saturated heterocycles. The van der Waals surface area contributed by atoms with Gasteiger partial charge in [-0.2, -0.15) is 0 Å². The van der Waals surface area contributed by atoms with Gasteiger partial charge in [-0.1, -0.05) is 11.6 Å². The van der Waals surface area contributed by atoms with E-state index in [0.717, 1.165) is 0 Å². The minimum Gasteiger partial charge on any atom is -0.484 e. The van der Waals surface area contributed by atoms with Crippen molar-refractivity contribution in [1.82, 2.24) is 5.32 Å². The van der Waals surface area contributed by atoms with Crippen LogP contribution in [0.5, 0.6) is 5.75 Å². The summed E-state index contributed by atoms with van der Waals surface area (Å²) in [6, 6.07) is 5.01. The number of amides is 1. The molecule has 1 rings (SSSR count). The summed E-state index contributed by atoms with van der Waals surface area (Å²) >= 11 is 5.69. The van der Waals surface area contributed by atoms with Crippen molar-refractivity contribution >= 4 is 23.5 Å². The number of nitrogens with one attached hydrogen (secondary N) is 1. The summed E-state index contributed by atoms with van der Waals surface area (Å²) in [5.74, 6) is -1.51. The van der Waals surface area contributed by atoms with Crippen molar-refractivity contribution in [3.8, 4) is 5.75 Å². The topological polar surface area (TPSA) is 95.9 Å². The third-order valence-corrected chi connectivity index (χ3v) is 2.50. The molecule has 0 fully saturated rings. The van der Waals surface area contributed by atoms with E-state index in [4.69, 9.17) is 21.4 Å². The average molecular weight is 288 g/mol. The number of carboxylic acids is 1. The van der Waals surface area contributed by atoms with Gasteiger partial charge in [0.05, 0.1) is 6.10 Å². The lowest BCUT2D eigenvalue weighted by Crippen LogP contribution is -2.49. The summed E-state index contributed by atoms with van der Waals surface area (Å²) in [7, 11) is 0. The van der Waals surface area contributed by atoms with Crippen molar-refractivity contribution in [2.24, 2.45) is 0 Å². The number of benzene rings is 1. The van der Waals surface area contributed by atoms with Gasteiger partial charge in [0.25, 0.3) is 5.91 Å². The van der Waals surface area contributed by atoms with Crippen molar-refractivity contribution in [1.29, 1.82) is 0 Å². The van der Waals surface area contributed by atoms with Gasteiger partial charge < -0.3 is 20.3 Å². The second-order valence-corrected chi connectivity index (χ2v) is 4.30. The van der Waals surface area contributed by atoms with Crippen molar-refractivity contribution in [3.05, 3.63) is 29.3 Å². The first-order valence-electron chi connectivity index (χ1n) is 5.48. The molecule has 19 heavy (non-hydrogen) atoms. The molecular weight excluding hydrogens is 274 g/mol. The van der Waals surface area contributed by atoms with E-state index in [9.17, 15) is 14.7 Å². The number of aliphatic carboxylic acids is 1. The van der Waals surface area contributed by atoms with Gasteiger partial charge in [0.15, 0.2) is 12.6 Å². The molecule has 7 heteroatoms. The Labute approximate surface area is 114 Å². The van der Waals surface area contributed by atoms with E-state index >= 15 is 0 Å². The van der Waals surface area contributed by atoms with Crippen LogP contribution in [-0.4, -0.2) is 40.8 Å². The molecule has 1 amide bonds. The van der Waals surface area contributed by atoms with Crippen LogP contribution in [0, 0.1) is 0 Å². The van der Waals surface area contributed by atoms with E-state index in [0.29, 0.717) is 10.8 Å². The zero-order chi connectivity index (χ0) is 14.4. The normalized spacial score (nSPS) is 13.4. The molecule has 0 spiro atoms. The van der Waals surface area contributed by atoms with Gasteiger partial charge in [0, 0.05) is 5.02 Å². The van der Waals surface area contributed by atoms with Crippen LogP contribution in [0.15, 0.2) is 24.3 Å². The number of aliphatic hydroxyl groups excluding tert-OH is 1. The summed E-state index contributed by atoms with van der Waals surface area (Å²) in [6.45, 7) is 0.928. The smallest absolute Gasteiger partial charge is 0.328 e. The summed E-state index contributed by atoms with van der Waals surface area (Å²) in [6.07, 6.45) is -1.20. The van der Waals surface area contributed by atoms with E-state index in [1.165, 1.54) is 6.92 Å². The lowest BCUT2D eigenvalue weighted by Gasteiger charge is -2.17. The highest BCUT2D eigenvalue weighted by atomic mass is 35.5. The Balaban J connectivity index is 2.47. The minimum atomic E-state index is -1.36. The molecule has 6 nitrogen and oxygen atoms in total. The van der Waals surface area contributed by atoms with Crippen molar-refractivity contribution in [3.63, 3.8) is 0 Å². The summed E-state index contributed by atoms with van der Waals surface area (Å²) in [4.78, 5) is 22.2. The Morgan fingerprint density at radius 3 is 2.42 bits per heavy atom. The van der Waals surface area contributed by atoms with Crippen LogP contribution >= 0.6 is 11.6 Å². The maximum absolute atomic E-state index is 11.5. The van der Waals surface area contributed by atoms with Gasteiger partial charge in [-0.3, -0.25) is 4.79 Å². The third kappa shape index (κ3) is 5.15. The number of aliphatic hydroxyl groups is 1. The molecule has 0 aromatic heterocycles. The van der Waals surface area contributed by atoms with Crippen LogP contribution in [0.2, 0.25) is 5.02 Å². The fraction of sp³-hybridized carbons (Fsp3) is 0.333. The molecule has 0 aliphatic carbocycles. The number of hydrogen-bond donors (Lipinski definition) is 3. The lowest BCUT2D eigenvalue weighted by molar-refractivity contribution is -0.145. The molecule has 3 N–H and O–H groups in total. The van der Waals surface area contributed by atoms with Crippen LogP contribution in [0.3, 0.4) is 0 Å². The van der Waals surface area contributed by atoms with Crippen molar-refractivity contribution < 1.29 is 24.5 Å². The van der Waals surface area contributed by atoms with E-state index in [1.54, 1.807) is 24.3 Å². The Kier molecular flexibility index (Phi) is 5.59. The molecule has 0 bridgehead atoms. The van der Waals surface area contributed by atoms with Gasteiger partial charge in [0.1, 0.15) is 5.75 Å². The third-order valence-electron chi connectivity index (χ3n) is 2.25. The maximum Gasteiger partial charge on any atom is 0.328 e. The predicted molar refractivity (Wildman–Crippen MR) is 68.2 cm³/mol. The fourth-order valence-corrected chi connectivity index (χ4v) is 1.41. The van der Waals surface area contributed by atoms with E-state index in [-0.39, 0.29) is 6.61 Å². The molecule has 0 heterocycles. The number of carboxylic acid groups (broad SMARTS) is 1. The van der Waals surface area contributed by atoms with Gasteiger partial charge in [-0.25, -0.2) is 4.79 Å². The molecule has 104 valence electrons. The van der Waals surface area contributed by atoms with Gasteiger partial charge in [-0.05, 0) is 31.2 Å². The van der Waals surface area contributed by atoms with Crippen molar-refractivity contribution in [2.45, 2.75) is 19.1 Å². The quantitative estimate of drug-likeness (QED) is 0.715. The monoisotopic (exact) mass is 287 g/mol. The molecule has 0 unspecified atom stereocenters. The molecule has 0 aliphatic rings. The van der Waals surface area contributed by atoms with Crippen LogP contribution in [0.25, 0.3) is 0 Å². The number of hydrogen-bond acceptors (Lipinski definition) is 4. The molecule has 1 aromatic rings. The van der Waals surface area contributed by atoms with Crippen LogP contribution in [-0.2, 0) is 9.59 Å². The Hall–Kier alpha value is -1.79. The predicted octanol–water partition coefficient (Wildman–Crippen LogP) is 0.669. The fourth-order valence-electron chi connectivity index (χ4n) is 1.28. The number of carbonyl (C=O) groups is 2. The Morgan fingerprint density at radius 2 is 1.95 bits per heavy atom. The first-order chi connectivity index (χ1) is 8.90. The molecule has 2 atom stereocenters. The number of rotatable bonds is 6. The highest BCUT2D eigenvalue weighted by molar-refractivity contribution is 6.30. The SMILES string of the molecule is C[C@@H](O)[C@H](NC(=O)COc1ccc(Cl)cc1)C(=O)O. The van der Waals surface area contributed by atoms with Gasteiger partial charge >= 0.3 is 5.97 Å². The Morgan fingerprint density at radius 1 is 1.37 bits per heavy atom. The zero-order valence-corrected chi connectivity index (χ0v) is 10.9. The summed E-state index contributed by atoms with van der Waals surface area (Å²) < 4.78 is 5.14. The standard InChI is InChI=1S/C12H14ClNO5/c1-7(15)11(12(17)18)14-10(16)6-19-9-4-2-8(13)3-5-9/h2-5,7,11,15H,6H2,1H3,(H,14,16)(H,17,18)/t7-,11+/m1/s1. The minimum absolute atomic E-state index is 0.349. The number of halogens is 1. The van der Waals surface area contributed by atoms with Crippen molar-refractivity contribution in [2.75, 3.05) is 6.61 Å². The highest BCUT2D eigenvalue weighted by Gasteiger charge is 2.24. The highest BCUT2D eigenvalue weighted by Crippen LogP contribution is 2.15. The first kappa shape index (κ1) is 15.3. The van der Waals surface area contributed by atoms with Gasteiger partial charge in [0.2, 0.25) is 0 Å². The zero-order valence-electron chi connectivity index (χ0n) is 10.2. The molecule has 1 aromatic carbocycles. The average Bonchev–Trinajstić information content (AvgIpc) is 2.34. The van der Waals surface area contributed by atoms with E-state index in [2.05, 4.69) is 5.32 Å². The number of ether oxygens (including phenoxy) is 1. The number of carbonyl (C=O) groups excluding carboxylic acids is 1. The maximum atomic E-state index is 11.5. The van der Waals surface area contributed by atoms with Crippen LogP contribution < -0.4 is 10.1 Å². The summed E-state index contributed by atoms with van der Waals surface area (Å²) in [5, 5.41) is 20.7. The van der Waals surface area contributed by atoms with Crippen LogP contribution in [0.4, 0.5) is 0 Å².